The Balaban J connectivity index is 1.67. The highest BCUT2D eigenvalue weighted by Crippen LogP contribution is 2.29. The molecule has 0 aliphatic carbocycles. The third kappa shape index (κ3) is 4.88. The quantitative estimate of drug-likeness (QED) is 0.665. The maximum absolute atomic E-state index is 12.8. The molecule has 1 aliphatic rings. The van der Waals surface area contributed by atoms with Gasteiger partial charge >= 0.3 is 0 Å². The van der Waals surface area contributed by atoms with Gasteiger partial charge in [-0.3, -0.25) is 4.79 Å². The number of hydrogen-bond donors (Lipinski definition) is 1. The standard InChI is InChI=1S/C21H25ClN2O5S/c1-28-18-8-5-15(13-19(18)29-2)9-10-23-21(25)16-6-7-17(22)20(14-16)30(26,27)24-11-3-4-12-24/h5-8,13-14H,3-4,9-12H2,1-2H3,(H,23,25). The predicted octanol–water partition coefficient (Wildman–Crippen LogP) is 3.11. The number of nitrogens with zero attached hydrogens (tertiary/aromatic N) is 1. The third-order valence-corrected chi connectivity index (χ3v) is 7.40. The van der Waals surface area contributed by atoms with E-state index in [-0.39, 0.29) is 21.4 Å². The molecule has 1 fully saturated rings. The lowest BCUT2D eigenvalue weighted by atomic mass is 10.1. The zero-order chi connectivity index (χ0) is 21.7. The molecule has 9 heteroatoms. The summed E-state index contributed by atoms with van der Waals surface area (Å²) in [7, 11) is -0.569. The summed E-state index contributed by atoms with van der Waals surface area (Å²) in [5.74, 6) is 0.902. The lowest BCUT2D eigenvalue weighted by molar-refractivity contribution is 0.0954. The molecule has 0 atom stereocenters. The summed E-state index contributed by atoms with van der Waals surface area (Å²) in [5.41, 5.74) is 1.23. The first kappa shape index (κ1) is 22.4. The number of carbonyl (C=O) groups excluding carboxylic acids is 1. The number of hydrogen-bond acceptors (Lipinski definition) is 5. The average molecular weight is 453 g/mol. The van der Waals surface area contributed by atoms with Crippen LogP contribution in [0.15, 0.2) is 41.3 Å². The molecular weight excluding hydrogens is 428 g/mol. The number of ether oxygens (including phenoxy) is 2. The van der Waals surface area contributed by atoms with E-state index in [0.29, 0.717) is 37.6 Å². The molecule has 1 aliphatic heterocycles. The van der Waals surface area contributed by atoms with Crippen LogP contribution in [0.1, 0.15) is 28.8 Å². The van der Waals surface area contributed by atoms with E-state index in [4.69, 9.17) is 21.1 Å². The number of benzene rings is 2. The van der Waals surface area contributed by atoms with Gasteiger partial charge in [-0.2, -0.15) is 4.31 Å². The van der Waals surface area contributed by atoms with Crippen molar-refractivity contribution in [3.63, 3.8) is 0 Å². The third-order valence-electron chi connectivity index (χ3n) is 5.02. The number of nitrogens with one attached hydrogen (secondary N) is 1. The highest BCUT2D eigenvalue weighted by atomic mass is 35.5. The Bertz CT molecular complexity index is 1020. The Morgan fingerprint density at radius 2 is 1.77 bits per heavy atom. The first-order chi connectivity index (χ1) is 14.4. The first-order valence-electron chi connectivity index (χ1n) is 9.65. The molecule has 0 unspecified atom stereocenters. The zero-order valence-corrected chi connectivity index (χ0v) is 18.6. The molecule has 1 saturated heterocycles. The topological polar surface area (TPSA) is 84.9 Å². The van der Waals surface area contributed by atoms with Gasteiger partial charge < -0.3 is 14.8 Å². The second-order valence-corrected chi connectivity index (χ2v) is 9.27. The fraction of sp³-hybridized carbons (Fsp3) is 0.381. The number of methoxy groups -OCH3 is 2. The molecule has 2 aromatic rings. The van der Waals surface area contributed by atoms with E-state index in [1.54, 1.807) is 14.2 Å². The Labute approximate surface area is 182 Å². The molecule has 7 nitrogen and oxygen atoms in total. The summed E-state index contributed by atoms with van der Waals surface area (Å²) in [6.45, 7) is 1.33. The van der Waals surface area contributed by atoms with Crippen molar-refractivity contribution < 1.29 is 22.7 Å². The number of amides is 1. The van der Waals surface area contributed by atoms with E-state index in [1.807, 2.05) is 18.2 Å². The van der Waals surface area contributed by atoms with Gasteiger partial charge in [0.05, 0.1) is 19.2 Å². The van der Waals surface area contributed by atoms with Crippen molar-refractivity contribution in [3.05, 3.63) is 52.5 Å². The van der Waals surface area contributed by atoms with Crippen molar-refractivity contribution in [1.82, 2.24) is 9.62 Å². The molecule has 2 aromatic carbocycles. The van der Waals surface area contributed by atoms with Crippen LogP contribution in [0.25, 0.3) is 0 Å². The molecule has 162 valence electrons. The highest BCUT2D eigenvalue weighted by Gasteiger charge is 2.29. The molecule has 0 aromatic heterocycles. The van der Waals surface area contributed by atoms with Gasteiger partial charge in [-0.05, 0) is 55.2 Å². The molecule has 1 amide bonds. The Hall–Kier alpha value is -2.29. The van der Waals surface area contributed by atoms with Crippen LogP contribution in [0.2, 0.25) is 5.02 Å². The van der Waals surface area contributed by atoms with Crippen LogP contribution in [0.3, 0.4) is 0 Å². The van der Waals surface area contributed by atoms with Crippen LogP contribution < -0.4 is 14.8 Å². The maximum atomic E-state index is 12.8. The summed E-state index contributed by atoms with van der Waals surface area (Å²) in [6.07, 6.45) is 2.24. The summed E-state index contributed by atoms with van der Waals surface area (Å²) >= 11 is 6.14. The van der Waals surface area contributed by atoms with Gasteiger partial charge in [-0.25, -0.2) is 8.42 Å². The van der Waals surface area contributed by atoms with Crippen molar-refractivity contribution in [1.29, 1.82) is 0 Å². The second-order valence-electron chi connectivity index (χ2n) is 6.95. The van der Waals surface area contributed by atoms with Crippen molar-refractivity contribution in [3.8, 4) is 11.5 Å². The Morgan fingerprint density at radius 3 is 2.43 bits per heavy atom. The predicted molar refractivity (Wildman–Crippen MR) is 115 cm³/mol. The normalized spacial score (nSPS) is 14.5. The maximum Gasteiger partial charge on any atom is 0.251 e. The van der Waals surface area contributed by atoms with Crippen LogP contribution in [0.5, 0.6) is 11.5 Å². The number of sulfonamides is 1. The van der Waals surface area contributed by atoms with Crippen molar-refractivity contribution in [2.45, 2.75) is 24.2 Å². The van der Waals surface area contributed by atoms with Crippen LogP contribution in [-0.2, 0) is 16.4 Å². The minimum absolute atomic E-state index is 0.0291. The van der Waals surface area contributed by atoms with Gasteiger partial charge in [0, 0.05) is 25.2 Å². The summed E-state index contributed by atoms with van der Waals surface area (Å²) < 4.78 is 37.6. The molecule has 1 heterocycles. The van der Waals surface area contributed by atoms with Gasteiger partial charge in [-0.1, -0.05) is 17.7 Å². The second kappa shape index (κ2) is 9.68. The largest absolute Gasteiger partial charge is 0.493 e. The molecule has 3 rings (SSSR count). The van der Waals surface area contributed by atoms with Crippen molar-refractivity contribution in [2.24, 2.45) is 0 Å². The van der Waals surface area contributed by atoms with E-state index in [0.717, 1.165) is 18.4 Å². The Kier molecular flexibility index (Phi) is 7.23. The van der Waals surface area contributed by atoms with Crippen LogP contribution >= 0.6 is 11.6 Å². The number of carbonyl (C=O) groups is 1. The van der Waals surface area contributed by atoms with Gasteiger partial charge in [0.25, 0.3) is 5.91 Å². The van der Waals surface area contributed by atoms with Gasteiger partial charge in [0.2, 0.25) is 10.0 Å². The summed E-state index contributed by atoms with van der Waals surface area (Å²) in [6, 6.07) is 9.89. The van der Waals surface area contributed by atoms with Gasteiger partial charge in [-0.15, -0.1) is 0 Å². The van der Waals surface area contributed by atoms with E-state index >= 15 is 0 Å². The van der Waals surface area contributed by atoms with Crippen LogP contribution in [0, 0.1) is 0 Å². The van der Waals surface area contributed by atoms with Gasteiger partial charge in [0.15, 0.2) is 11.5 Å². The lowest BCUT2D eigenvalue weighted by Crippen LogP contribution is -2.29. The van der Waals surface area contributed by atoms with E-state index in [9.17, 15) is 13.2 Å². The molecule has 0 saturated carbocycles. The summed E-state index contributed by atoms with van der Waals surface area (Å²) in [4.78, 5) is 12.5. The first-order valence-corrected chi connectivity index (χ1v) is 11.5. The molecule has 0 bridgehead atoms. The monoisotopic (exact) mass is 452 g/mol. The van der Waals surface area contributed by atoms with E-state index in [1.165, 1.54) is 22.5 Å². The minimum Gasteiger partial charge on any atom is -0.493 e. The van der Waals surface area contributed by atoms with Crippen LogP contribution in [-0.4, -0.2) is 52.5 Å². The van der Waals surface area contributed by atoms with Gasteiger partial charge in [0.1, 0.15) is 4.90 Å². The number of rotatable bonds is 8. The molecule has 1 N–H and O–H groups in total. The highest BCUT2D eigenvalue weighted by molar-refractivity contribution is 7.89. The van der Waals surface area contributed by atoms with Crippen LogP contribution in [0.4, 0.5) is 0 Å². The lowest BCUT2D eigenvalue weighted by Gasteiger charge is -2.17. The van der Waals surface area contributed by atoms with E-state index in [2.05, 4.69) is 5.32 Å². The van der Waals surface area contributed by atoms with E-state index < -0.39 is 10.0 Å². The smallest absolute Gasteiger partial charge is 0.251 e. The van der Waals surface area contributed by atoms with Crippen molar-refractivity contribution in [2.75, 3.05) is 33.9 Å². The Morgan fingerprint density at radius 1 is 1.07 bits per heavy atom. The molecular formula is C21H25ClN2O5S. The molecule has 30 heavy (non-hydrogen) atoms. The number of halogens is 1. The van der Waals surface area contributed by atoms with Crippen molar-refractivity contribution >= 4 is 27.5 Å². The minimum atomic E-state index is -3.71. The zero-order valence-electron chi connectivity index (χ0n) is 17.0. The average Bonchev–Trinajstić information content (AvgIpc) is 3.29. The fourth-order valence-corrected chi connectivity index (χ4v) is 5.39. The molecule has 0 radical (unpaired) electrons. The molecule has 0 spiro atoms. The fourth-order valence-electron chi connectivity index (χ4n) is 3.37. The summed E-state index contributed by atoms with van der Waals surface area (Å²) in [5, 5.41) is 2.93. The SMILES string of the molecule is COc1ccc(CCNC(=O)c2ccc(Cl)c(S(=O)(=O)N3CCCC3)c2)cc1OC.